The molecule has 0 aliphatic rings. The Bertz CT molecular complexity index is 380. The lowest BCUT2D eigenvalue weighted by Crippen LogP contribution is -2.43. The van der Waals surface area contributed by atoms with Gasteiger partial charge >= 0.3 is 11.9 Å². The van der Waals surface area contributed by atoms with Crippen LogP contribution < -0.4 is 10.6 Å². The fraction of sp³-hybridized carbons (Fsp3) is 0.667. The normalized spacial score (nSPS) is 12.7. The summed E-state index contributed by atoms with van der Waals surface area (Å²) in [5.74, 6) is -1.24. The third-order valence-corrected chi connectivity index (χ3v) is 4.70. The van der Waals surface area contributed by atoms with Crippen molar-refractivity contribution < 1.29 is 28.7 Å². The minimum absolute atomic E-state index is 0.269. The molecule has 22 heavy (non-hydrogen) atoms. The summed E-state index contributed by atoms with van der Waals surface area (Å²) in [5.41, 5.74) is 0. The van der Waals surface area contributed by atoms with Crippen molar-refractivity contribution >= 4 is 45.3 Å². The SMILES string of the molecule is COC(=O)C(CSSC[C@H](NC(C)=O)C(=O)OC)NC(C)=O. The van der Waals surface area contributed by atoms with Crippen molar-refractivity contribution in [3.63, 3.8) is 0 Å². The van der Waals surface area contributed by atoms with Crippen molar-refractivity contribution in [2.75, 3.05) is 25.7 Å². The number of hydrogen-bond donors (Lipinski definition) is 2. The summed E-state index contributed by atoms with van der Waals surface area (Å²) in [6, 6.07) is -1.53. The number of ether oxygens (including phenoxy) is 2. The number of nitrogens with one attached hydrogen (secondary N) is 2. The van der Waals surface area contributed by atoms with Crippen molar-refractivity contribution in [2.45, 2.75) is 25.9 Å². The van der Waals surface area contributed by atoms with E-state index in [2.05, 4.69) is 20.1 Å². The molecule has 0 saturated heterocycles. The van der Waals surface area contributed by atoms with Gasteiger partial charge in [0.1, 0.15) is 12.1 Å². The highest BCUT2D eigenvalue weighted by atomic mass is 33.1. The Kier molecular flexibility index (Phi) is 10.5. The predicted molar refractivity (Wildman–Crippen MR) is 84.2 cm³/mol. The molecule has 0 radical (unpaired) electrons. The Morgan fingerprint density at radius 3 is 1.36 bits per heavy atom. The van der Waals surface area contributed by atoms with E-state index in [4.69, 9.17) is 0 Å². The molecule has 0 aromatic carbocycles. The third kappa shape index (κ3) is 8.78. The van der Waals surface area contributed by atoms with Crippen LogP contribution in [-0.4, -0.2) is 61.6 Å². The topological polar surface area (TPSA) is 111 Å². The fourth-order valence-electron chi connectivity index (χ4n) is 1.34. The summed E-state index contributed by atoms with van der Waals surface area (Å²) in [4.78, 5) is 45.0. The van der Waals surface area contributed by atoms with Crippen molar-refractivity contribution in [1.82, 2.24) is 10.6 Å². The summed E-state index contributed by atoms with van der Waals surface area (Å²) < 4.78 is 9.18. The molecule has 0 spiro atoms. The Balaban J connectivity index is 4.33. The molecule has 0 aromatic rings. The van der Waals surface area contributed by atoms with E-state index in [0.29, 0.717) is 0 Å². The zero-order valence-electron chi connectivity index (χ0n) is 12.8. The van der Waals surface area contributed by atoms with Crippen LogP contribution in [0.15, 0.2) is 0 Å². The van der Waals surface area contributed by atoms with Gasteiger partial charge in [0.25, 0.3) is 0 Å². The van der Waals surface area contributed by atoms with Crippen molar-refractivity contribution in [3.05, 3.63) is 0 Å². The van der Waals surface area contributed by atoms with Crippen LogP contribution in [0.2, 0.25) is 0 Å². The molecule has 0 rings (SSSR count). The molecule has 1 unspecified atom stereocenters. The highest BCUT2D eigenvalue weighted by Crippen LogP contribution is 2.23. The largest absolute Gasteiger partial charge is 0.467 e. The van der Waals surface area contributed by atoms with Gasteiger partial charge in [0.15, 0.2) is 0 Å². The molecule has 0 aromatic heterocycles. The summed E-state index contributed by atoms with van der Waals surface area (Å²) in [6.07, 6.45) is 0. The monoisotopic (exact) mass is 352 g/mol. The highest BCUT2D eigenvalue weighted by molar-refractivity contribution is 8.76. The van der Waals surface area contributed by atoms with Crippen LogP contribution in [0.4, 0.5) is 0 Å². The van der Waals surface area contributed by atoms with Gasteiger partial charge in [-0.25, -0.2) is 9.59 Å². The zero-order valence-corrected chi connectivity index (χ0v) is 14.5. The van der Waals surface area contributed by atoms with Crippen molar-refractivity contribution in [3.8, 4) is 0 Å². The summed E-state index contributed by atoms with van der Waals surface area (Å²) in [7, 11) is 5.02. The Hall–Kier alpha value is -1.42. The van der Waals surface area contributed by atoms with Crippen LogP contribution in [0.3, 0.4) is 0 Å². The summed E-state index contributed by atoms with van der Waals surface area (Å²) >= 11 is 0. The maximum absolute atomic E-state index is 11.5. The molecule has 0 saturated carbocycles. The first-order valence-electron chi connectivity index (χ1n) is 6.26. The van der Waals surface area contributed by atoms with Gasteiger partial charge in [-0.1, -0.05) is 21.6 Å². The molecule has 8 nitrogen and oxygen atoms in total. The van der Waals surface area contributed by atoms with Crippen LogP contribution in [-0.2, 0) is 28.7 Å². The second-order valence-electron chi connectivity index (χ2n) is 4.12. The maximum atomic E-state index is 11.5. The molecule has 10 heteroatoms. The van der Waals surface area contributed by atoms with Gasteiger partial charge in [0.05, 0.1) is 14.2 Å². The van der Waals surface area contributed by atoms with Gasteiger partial charge in [-0.05, 0) is 0 Å². The van der Waals surface area contributed by atoms with E-state index in [1.165, 1.54) is 49.7 Å². The second kappa shape index (κ2) is 11.2. The average molecular weight is 352 g/mol. The van der Waals surface area contributed by atoms with Crippen molar-refractivity contribution in [2.24, 2.45) is 0 Å². The first-order chi connectivity index (χ1) is 10.3. The lowest BCUT2D eigenvalue weighted by Gasteiger charge is -2.16. The lowest BCUT2D eigenvalue weighted by atomic mass is 10.3. The minimum atomic E-state index is -0.766. The standard InChI is InChI=1S/C12H20N2O6S2/c1-7(15)13-9(11(17)19-3)5-21-22-6-10(12(18)20-4)14-8(2)16/h9-10H,5-6H2,1-4H3,(H,13,15)(H,14,16)/t9-,10?/m0/s1. The van der Waals surface area contributed by atoms with Gasteiger partial charge in [0, 0.05) is 25.4 Å². The minimum Gasteiger partial charge on any atom is -0.467 e. The van der Waals surface area contributed by atoms with Gasteiger partial charge in [-0.3, -0.25) is 9.59 Å². The maximum Gasteiger partial charge on any atom is 0.329 e. The predicted octanol–water partition coefficient (Wildman–Crippen LogP) is -0.277. The Morgan fingerprint density at radius 1 is 0.818 bits per heavy atom. The van der Waals surface area contributed by atoms with E-state index >= 15 is 0 Å². The van der Waals surface area contributed by atoms with Gasteiger partial charge in [0.2, 0.25) is 11.8 Å². The molecule has 0 fully saturated rings. The number of carbonyl (C=O) groups excluding carboxylic acids is 4. The summed E-state index contributed by atoms with van der Waals surface area (Å²) in [6.45, 7) is 2.61. The Labute approximate surface area is 136 Å². The molecular formula is C12H20N2O6S2. The number of carbonyl (C=O) groups is 4. The summed E-state index contributed by atoms with van der Waals surface area (Å²) in [5, 5.41) is 4.95. The third-order valence-electron chi connectivity index (χ3n) is 2.28. The van der Waals surface area contributed by atoms with E-state index in [1.54, 1.807) is 0 Å². The quantitative estimate of drug-likeness (QED) is 0.331. The van der Waals surface area contributed by atoms with Crippen LogP contribution in [0.25, 0.3) is 0 Å². The van der Waals surface area contributed by atoms with Crippen LogP contribution >= 0.6 is 21.6 Å². The van der Waals surface area contributed by atoms with E-state index in [1.807, 2.05) is 0 Å². The molecule has 0 aliphatic carbocycles. The molecular weight excluding hydrogens is 332 g/mol. The molecule has 2 N–H and O–H groups in total. The molecule has 2 atom stereocenters. The number of esters is 2. The number of amides is 2. The highest BCUT2D eigenvalue weighted by Gasteiger charge is 2.23. The van der Waals surface area contributed by atoms with E-state index < -0.39 is 24.0 Å². The van der Waals surface area contributed by atoms with Crippen LogP contribution in [0.5, 0.6) is 0 Å². The first kappa shape index (κ1) is 20.6. The second-order valence-corrected chi connectivity index (χ2v) is 6.67. The van der Waals surface area contributed by atoms with Gasteiger partial charge < -0.3 is 20.1 Å². The number of hydrogen-bond acceptors (Lipinski definition) is 8. The van der Waals surface area contributed by atoms with Crippen molar-refractivity contribution in [1.29, 1.82) is 0 Å². The average Bonchev–Trinajstić information content (AvgIpc) is 2.46. The fourth-order valence-corrected chi connectivity index (χ4v) is 3.64. The molecule has 2 amide bonds. The zero-order chi connectivity index (χ0) is 17.1. The Morgan fingerprint density at radius 2 is 1.14 bits per heavy atom. The van der Waals surface area contributed by atoms with E-state index in [9.17, 15) is 19.2 Å². The molecule has 126 valence electrons. The molecule has 0 heterocycles. The van der Waals surface area contributed by atoms with Crippen LogP contribution in [0.1, 0.15) is 13.8 Å². The van der Waals surface area contributed by atoms with E-state index in [0.717, 1.165) is 0 Å². The van der Waals surface area contributed by atoms with E-state index in [-0.39, 0.29) is 23.3 Å². The van der Waals surface area contributed by atoms with Gasteiger partial charge in [-0.2, -0.15) is 0 Å². The van der Waals surface area contributed by atoms with Crippen LogP contribution in [0, 0.1) is 0 Å². The number of rotatable bonds is 9. The number of methoxy groups -OCH3 is 2. The smallest absolute Gasteiger partial charge is 0.329 e. The first-order valence-corrected chi connectivity index (χ1v) is 8.74. The molecule has 0 bridgehead atoms. The lowest BCUT2D eigenvalue weighted by molar-refractivity contribution is -0.144. The molecule has 0 aliphatic heterocycles. The van der Waals surface area contributed by atoms with Gasteiger partial charge in [-0.15, -0.1) is 0 Å².